The van der Waals surface area contributed by atoms with Crippen molar-refractivity contribution in [2.75, 3.05) is 7.05 Å². The van der Waals surface area contributed by atoms with Gasteiger partial charge in [-0.25, -0.2) is 4.79 Å². The number of carbonyl (C=O) groups is 3. The van der Waals surface area contributed by atoms with E-state index in [1.54, 1.807) is 20.8 Å². The Morgan fingerprint density at radius 2 is 1.90 bits per heavy atom. The zero-order chi connectivity index (χ0) is 15.4. The van der Waals surface area contributed by atoms with E-state index in [2.05, 4.69) is 10.6 Å². The van der Waals surface area contributed by atoms with Crippen molar-refractivity contribution in [3.05, 3.63) is 0 Å². The first-order chi connectivity index (χ1) is 9.22. The summed E-state index contributed by atoms with van der Waals surface area (Å²) in [5.74, 6) is -0.247. The molecule has 1 fully saturated rings. The van der Waals surface area contributed by atoms with E-state index in [0.717, 1.165) is 19.1 Å². The number of aldehydes is 1. The molecule has 6 nitrogen and oxygen atoms in total. The van der Waals surface area contributed by atoms with E-state index >= 15 is 0 Å². The van der Waals surface area contributed by atoms with Crippen molar-refractivity contribution in [1.82, 2.24) is 10.6 Å². The molecule has 0 aromatic heterocycles. The Morgan fingerprint density at radius 3 is 2.30 bits per heavy atom. The van der Waals surface area contributed by atoms with Crippen LogP contribution in [0.3, 0.4) is 0 Å². The minimum atomic E-state index is -0.961. The topological polar surface area (TPSA) is 84.5 Å². The molecule has 0 spiro atoms. The van der Waals surface area contributed by atoms with Gasteiger partial charge in [0.1, 0.15) is 17.4 Å². The van der Waals surface area contributed by atoms with Gasteiger partial charge in [0.15, 0.2) is 0 Å². The molecule has 114 valence electrons. The highest BCUT2D eigenvalue weighted by Gasteiger charge is 2.46. The van der Waals surface area contributed by atoms with Crippen LogP contribution in [0.4, 0.5) is 4.79 Å². The Labute approximate surface area is 119 Å². The predicted octanol–water partition coefficient (Wildman–Crippen LogP) is 1.38. The van der Waals surface area contributed by atoms with Crippen LogP contribution in [0.5, 0.6) is 0 Å². The molecule has 0 radical (unpaired) electrons. The van der Waals surface area contributed by atoms with E-state index in [4.69, 9.17) is 4.74 Å². The molecule has 0 aromatic carbocycles. The second kappa shape index (κ2) is 6.24. The molecular weight excluding hydrogens is 260 g/mol. The van der Waals surface area contributed by atoms with Crippen LogP contribution in [-0.2, 0) is 14.3 Å². The van der Waals surface area contributed by atoms with Gasteiger partial charge in [-0.2, -0.15) is 0 Å². The summed E-state index contributed by atoms with van der Waals surface area (Å²) < 4.78 is 5.23. The van der Waals surface area contributed by atoms with Gasteiger partial charge in [0.25, 0.3) is 0 Å². The molecule has 6 heteroatoms. The third-order valence-electron chi connectivity index (χ3n) is 3.25. The van der Waals surface area contributed by atoms with Gasteiger partial charge in [0, 0.05) is 13.5 Å². The number of amides is 2. The lowest BCUT2D eigenvalue weighted by atomic mass is 9.89. The molecule has 20 heavy (non-hydrogen) atoms. The lowest BCUT2D eigenvalue weighted by Crippen LogP contribution is -2.54. The van der Waals surface area contributed by atoms with Crippen LogP contribution < -0.4 is 10.6 Å². The smallest absolute Gasteiger partial charge is 0.315 e. The Kier molecular flexibility index (Phi) is 5.14. The Hall–Kier alpha value is -1.59. The van der Waals surface area contributed by atoms with Crippen molar-refractivity contribution < 1.29 is 19.1 Å². The highest BCUT2D eigenvalue weighted by Crippen LogP contribution is 2.41. The molecule has 1 rings (SSSR count). The molecule has 0 aromatic rings. The zero-order valence-corrected chi connectivity index (χ0v) is 12.6. The van der Waals surface area contributed by atoms with Crippen molar-refractivity contribution in [1.29, 1.82) is 0 Å². The number of urea groups is 1. The quantitative estimate of drug-likeness (QED) is 0.570. The van der Waals surface area contributed by atoms with Crippen LogP contribution in [0, 0.1) is 5.92 Å². The minimum absolute atomic E-state index is 0.108. The number of ether oxygens (including phenoxy) is 1. The largest absolute Gasteiger partial charge is 0.460 e. The van der Waals surface area contributed by atoms with Gasteiger partial charge in [0.2, 0.25) is 0 Å². The number of esters is 1. The Bertz CT molecular complexity index is 385. The van der Waals surface area contributed by atoms with Crippen molar-refractivity contribution >= 4 is 18.3 Å². The van der Waals surface area contributed by atoms with Crippen LogP contribution in [0.25, 0.3) is 0 Å². The fourth-order valence-electron chi connectivity index (χ4n) is 2.13. The Morgan fingerprint density at radius 1 is 1.30 bits per heavy atom. The third kappa shape index (κ3) is 4.83. The molecule has 2 amide bonds. The average molecular weight is 284 g/mol. The summed E-state index contributed by atoms with van der Waals surface area (Å²) in [6.07, 6.45) is 2.90. The number of hydrogen-bond donors (Lipinski definition) is 2. The second-order valence-electron chi connectivity index (χ2n) is 6.22. The van der Waals surface area contributed by atoms with Crippen molar-refractivity contribution in [3.8, 4) is 0 Å². The highest BCUT2D eigenvalue weighted by molar-refractivity contribution is 5.81. The highest BCUT2D eigenvalue weighted by atomic mass is 16.6. The maximum Gasteiger partial charge on any atom is 0.315 e. The van der Waals surface area contributed by atoms with Gasteiger partial charge in [-0.3, -0.25) is 4.79 Å². The Balaban J connectivity index is 2.64. The minimum Gasteiger partial charge on any atom is -0.460 e. The van der Waals surface area contributed by atoms with Gasteiger partial charge in [-0.15, -0.1) is 0 Å². The van der Waals surface area contributed by atoms with E-state index in [0.29, 0.717) is 0 Å². The number of rotatable bonds is 6. The lowest BCUT2D eigenvalue weighted by molar-refractivity contribution is -0.155. The number of hydrogen-bond acceptors (Lipinski definition) is 4. The van der Waals surface area contributed by atoms with Gasteiger partial charge in [-0.1, -0.05) is 0 Å². The maximum atomic E-state index is 11.8. The molecule has 0 aliphatic heterocycles. The monoisotopic (exact) mass is 284 g/mol. The maximum absolute atomic E-state index is 11.8. The summed E-state index contributed by atoms with van der Waals surface area (Å²) in [6.45, 7) is 5.38. The molecule has 1 unspecified atom stereocenters. The first-order valence-corrected chi connectivity index (χ1v) is 6.90. The predicted molar refractivity (Wildman–Crippen MR) is 74.2 cm³/mol. The summed E-state index contributed by atoms with van der Waals surface area (Å²) >= 11 is 0. The van der Waals surface area contributed by atoms with E-state index < -0.39 is 17.2 Å². The average Bonchev–Trinajstić information content (AvgIpc) is 3.16. The SMILES string of the molecule is CNC(=O)NC(C=O)(CCC(=O)OC(C)(C)C)C1CC1. The summed E-state index contributed by atoms with van der Waals surface area (Å²) in [5, 5.41) is 5.12. The van der Waals surface area contributed by atoms with Crippen LogP contribution >= 0.6 is 0 Å². The fourth-order valence-corrected chi connectivity index (χ4v) is 2.13. The molecule has 0 bridgehead atoms. The van der Waals surface area contributed by atoms with E-state index in [-0.39, 0.29) is 24.7 Å². The third-order valence-corrected chi connectivity index (χ3v) is 3.25. The molecule has 1 saturated carbocycles. The molecule has 2 N–H and O–H groups in total. The molecular formula is C14H24N2O4. The van der Waals surface area contributed by atoms with Crippen molar-refractivity contribution in [2.45, 2.75) is 57.6 Å². The molecule has 1 atom stereocenters. The summed E-state index contributed by atoms with van der Waals surface area (Å²) in [5.41, 5.74) is -1.51. The van der Waals surface area contributed by atoms with Crippen molar-refractivity contribution in [3.63, 3.8) is 0 Å². The summed E-state index contributed by atoms with van der Waals surface area (Å²) in [4.78, 5) is 34.7. The lowest BCUT2D eigenvalue weighted by Gasteiger charge is -2.29. The van der Waals surface area contributed by atoms with Crippen LogP contribution in [0.2, 0.25) is 0 Å². The molecule has 0 heterocycles. The standard InChI is InChI=1S/C14H24N2O4/c1-13(2,3)20-11(18)7-8-14(9-17,10-5-6-10)16-12(19)15-4/h9-10H,5-8H2,1-4H3,(H2,15,16,19). The van der Waals surface area contributed by atoms with Gasteiger partial charge in [0.05, 0.1) is 0 Å². The van der Waals surface area contributed by atoms with Crippen molar-refractivity contribution in [2.24, 2.45) is 5.92 Å². The molecule has 1 aliphatic rings. The van der Waals surface area contributed by atoms with Crippen LogP contribution in [-0.4, -0.2) is 36.5 Å². The van der Waals surface area contributed by atoms with E-state index in [1.165, 1.54) is 7.05 Å². The van der Waals surface area contributed by atoms with Gasteiger partial charge < -0.3 is 20.2 Å². The van der Waals surface area contributed by atoms with Gasteiger partial charge >= 0.3 is 12.0 Å². The van der Waals surface area contributed by atoms with E-state index in [1.807, 2.05) is 0 Å². The van der Waals surface area contributed by atoms with Gasteiger partial charge in [-0.05, 0) is 46.0 Å². The zero-order valence-electron chi connectivity index (χ0n) is 12.6. The fraction of sp³-hybridized carbons (Fsp3) is 0.786. The second-order valence-corrected chi connectivity index (χ2v) is 6.22. The number of nitrogens with one attached hydrogen (secondary N) is 2. The molecule has 0 saturated heterocycles. The van der Waals surface area contributed by atoms with E-state index in [9.17, 15) is 14.4 Å². The molecule has 1 aliphatic carbocycles. The van der Waals surface area contributed by atoms with Crippen LogP contribution in [0.1, 0.15) is 46.5 Å². The normalized spacial score (nSPS) is 17.8. The number of carbonyl (C=O) groups excluding carboxylic acids is 3. The summed E-state index contributed by atoms with van der Waals surface area (Å²) in [7, 11) is 1.49. The first-order valence-electron chi connectivity index (χ1n) is 6.90. The summed E-state index contributed by atoms with van der Waals surface area (Å²) in [6, 6.07) is -0.409. The first kappa shape index (κ1) is 16.5. The van der Waals surface area contributed by atoms with Crippen LogP contribution in [0.15, 0.2) is 0 Å².